The first kappa shape index (κ1) is 16.8. The van der Waals surface area contributed by atoms with Crippen molar-refractivity contribution in [3.05, 3.63) is 77.4 Å². The summed E-state index contributed by atoms with van der Waals surface area (Å²) < 4.78 is 5.17. The first-order valence-electron chi connectivity index (χ1n) is 8.41. The topological polar surface area (TPSA) is 83.9 Å². The molecule has 0 aromatic heterocycles. The van der Waals surface area contributed by atoms with Gasteiger partial charge in [-0.2, -0.15) is 0 Å². The van der Waals surface area contributed by atoms with Gasteiger partial charge in [-0.1, -0.05) is 42.5 Å². The average Bonchev–Trinajstić information content (AvgIpc) is 2.93. The van der Waals surface area contributed by atoms with Crippen molar-refractivity contribution < 1.29 is 24.2 Å². The van der Waals surface area contributed by atoms with E-state index in [0.717, 1.165) is 10.3 Å². The van der Waals surface area contributed by atoms with Crippen LogP contribution in [0.2, 0.25) is 0 Å². The Balaban J connectivity index is 1.44. The van der Waals surface area contributed by atoms with Crippen LogP contribution in [0.1, 0.15) is 31.1 Å². The Hall–Kier alpha value is -3.67. The Morgan fingerprint density at radius 1 is 0.889 bits per heavy atom. The van der Waals surface area contributed by atoms with Crippen molar-refractivity contribution in [1.82, 2.24) is 4.90 Å². The number of phenolic OH excluding ortho intramolecular Hbond substituents is 1. The monoisotopic (exact) mass is 361 g/mol. The molecule has 6 nitrogen and oxygen atoms in total. The predicted molar refractivity (Wildman–Crippen MR) is 97.7 cm³/mol. The lowest BCUT2D eigenvalue weighted by Crippen LogP contribution is -2.33. The van der Waals surface area contributed by atoms with Crippen molar-refractivity contribution in [2.45, 2.75) is 0 Å². The number of imide groups is 1. The Morgan fingerprint density at radius 3 is 2.22 bits per heavy atom. The highest BCUT2D eigenvalue weighted by molar-refractivity contribution is 6.21. The van der Waals surface area contributed by atoms with E-state index in [1.807, 2.05) is 12.1 Å². The zero-order valence-electron chi connectivity index (χ0n) is 14.2. The van der Waals surface area contributed by atoms with Gasteiger partial charge in [-0.15, -0.1) is 0 Å². The molecule has 4 rings (SSSR count). The van der Waals surface area contributed by atoms with E-state index >= 15 is 0 Å². The number of amides is 2. The minimum atomic E-state index is -0.713. The van der Waals surface area contributed by atoms with Gasteiger partial charge in [0.15, 0.2) is 0 Å². The minimum absolute atomic E-state index is 0.0380. The van der Waals surface area contributed by atoms with Crippen LogP contribution in [0.4, 0.5) is 0 Å². The molecule has 0 spiro atoms. The second kappa shape index (κ2) is 6.57. The first-order valence-corrected chi connectivity index (χ1v) is 8.41. The van der Waals surface area contributed by atoms with Crippen LogP contribution in [0.15, 0.2) is 60.7 Å². The number of esters is 1. The van der Waals surface area contributed by atoms with Gasteiger partial charge in [0.05, 0.1) is 17.7 Å². The van der Waals surface area contributed by atoms with Crippen LogP contribution in [0.5, 0.6) is 5.75 Å². The third-order valence-corrected chi connectivity index (χ3v) is 4.55. The first-order chi connectivity index (χ1) is 13.1. The van der Waals surface area contributed by atoms with Gasteiger partial charge < -0.3 is 9.84 Å². The summed E-state index contributed by atoms with van der Waals surface area (Å²) in [5, 5.41) is 11.7. The van der Waals surface area contributed by atoms with Crippen molar-refractivity contribution in [3.8, 4) is 5.75 Å². The second-order valence-electron chi connectivity index (χ2n) is 6.13. The largest absolute Gasteiger partial charge is 0.506 e. The maximum Gasteiger partial charge on any atom is 0.341 e. The van der Waals surface area contributed by atoms with Gasteiger partial charge in [-0.25, -0.2) is 4.79 Å². The van der Waals surface area contributed by atoms with Gasteiger partial charge in [0.2, 0.25) is 0 Å². The summed E-state index contributed by atoms with van der Waals surface area (Å²) in [6.45, 7) is -0.205. The number of benzene rings is 3. The number of ether oxygens (including phenoxy) is 1. The molecule has 27 heavy (non-hydrogen) atoms. The average molecular weight is 361 g/mol. The van der Waals surface area contributed by atoms with E-state index in [0.29, 0.717) is 16.5 Å². The van der Waals surface area contributed by atoms with E-state index in [9.17, 15) is 19.5 Å². The SMILES string of the molecule is O=C(OCCN1C(=O)c2ccccc2C1=O)c1ccc2ccccc2c1O. The molecule has 134 valence electrons. The molecule has 6 heteroatoms. The smallest absolute Gasteiger partial charge is 0.341 e. The highest BCUT2D eigenvalue weighted by Crippen LogP contribution is 2.29. The number of carbonyl (C=O) groups is 3. The summed E-state index contributed by atoms with van der Waals surface area (Å²) in [7, 11) is 0. The molecule has 1 aliphatic heterocycles. The summed E-state index contributed by atoms with van der Waals surface area (Å²) in [5.41, 5.74) is 0.734. The van der Waals surface area contributed by atoms with E-state index < -0.39 is 17.8 Å². The Labute approximate surface area is 154 Å². The minimum Gasteiger partial charge on any atom is -0.506 e. The van der Waals surface area contributed by atoms with Gasteiger partial charge in [-0.05, 0) is 23.6 Å². The van der Waals surface area contributed by atoms with E-state index in [2.05, 4.69) is 0 Å². The number of aromatic hydroxyl groups is 1. The highest BCUT2D eigenvalue weighted by atomic mass is 16.5. The lowest BCUT2D eigenvalue weighted by molar-refractivity contribution is 0.0418. The molecule has 0 fully saturated rings. The fraction of sp³-hybridized carbons (Fsp3) is 0.0952. The van der Waals surface area contributed by atoms with Crippen LogP contribution in [-0.2, 0) is 4.74 Å². The van der Waals surface area contributed by atoms with Gasteiger partial charge in [0.25, 0.3) is 11.8 Å². The molecule has 1 aliphatic rings. The maximum atomic E-state index is 12.3. The lowest BCUT2D eigenvalue weighted by atomic mass is 10.1. The maximum absolute atomic E-state index is 12.3. The van der Waals surface area contributed by atoms with Crippen LogP contribution in [0, 0.1) is 0 Å². The summed E-state index contributed by atoms with van der Waals surface area (Å²) in [4.78, 5) is 37.9. The molecule has 0 saturated heterocycles. The normalized spacial score (nSPS) is 13.1. The van der Waals surface area contributed by atoms with Gasteiger partial charge >= 0.3 is 5.97 Å². The van der Waals surface area contributed by atoms with E-state index in [1.54, 1.807) is 42.5 Å². The quantitative estimate of drug-likeness (QED) is 0.570. The van der Waals surface area contributed by atoms with E-state index in [4.69, 9.17) is 4.74 Å². The molecule has 2 amide bonds. The number of fused-ring (bicyclic) bond motifs is 2. The second-order valence-corrected chi connectivity index (χ2v) is 6.13. The molecule has 0 radical (unpaired) electrons. The van der Waals surface area contributed by atoms with Crippen molar-refractivity contribution in [1.29, 1.82) is 0 Å². The fourth-order valence-corrected chi connectivity index (χ4v) is 3.17. The molecular weight excluding hydrogens is 346 g/mol. The Bertz CT molecular complexity index is 1050. The number of hydrogen-bond donors (Lipinski definition) is 1. The zero-order valence-corrected chi connectivity index (χ0v) is 14.2. The number of carbonyl (C=O) groups excluding carboxylic acids is 3. The molecule has 1 N–H and O–H groups in total. The zero-order chi connectivity index (χ0) is 19.0. The van der Waals surface area contributed by atoms with Gasteiger partial charge in [-0.3, -0.25) is 14.5 Å². The highest BCUT2D eigenvalue weighted by Gasteiger charge is 2.34. The molecule has 3 aromatic carbocycles. The lowest BCUT2D eigenvalue weighted by Gasteiger charge is -2.14. The van der Waals surface area contributed by atoms with E-state index in [1.165, 1.54) is 6.07 Å². The van der Waals surface area contributed by atoms with Gasteiger partial charge in [0.1, 0.15) is 17.9 Å². The Morgan fingerprint density at radius 2 is 1.52 bits per heavy atom. The molecule has 0 unspecified atom stereocenters. The summed E-state index contributed by atoms with van der Waals surface area (Å²) >= 11 is 0. The molecule has 3 aromatic rings. The van der Waals surface area contributed by atoms with E-state index in [-0.39, 0.29) is 24.5 Å². The molecule has 0 aliphatic carbocycles. The van der Waals surface area contributed by atoms with Crippen molar-refractivity contribution in [3.63, 3.8) is 0 Å². The van der Waals surface area contributed by atoms with Crippen molar-refractivity contribution in [2.24, 2.45) is 0 Å². The number of nitrogens with zero attached hydrogens (tertiary/aromatic N) is 1. The molecular formula is C21H15NO5. The van der Waals surface area contributed by atoms with Crippen LogP contribution >= 0.6 is 0 Å². The third-order valence-electron chi connectivity index (χ3n) is 4.55. The number of hydrogen-bond acceptors (Lipinski definition) is 5. The van der Waals surface area contributed by atoms with Crippen LogP contribution in [0.25, 0.3) is 10.8 Å². The van der Waals surface area contributed by atoms with Crippen LogP contribution in [0.3, 0.4) is 0 Å². The van der Waals surface area contributed by atoms with Crippen molar-refractivity contribution in [2.75, 3.05) is 13.2 Å². The number of phenols is 1. The van der Waals surface area contributed by atoms with Gasteiger partial charge in [0, 0.05) is 5.39 Å². The summed E-state index contributed by atoms with van der Waals surface area (Å²) in [6, 6.07) is 16.9. The Kier molecular flexibility index (Phi) is 4.08. The molecule has 0 bridgehead atoms. The fourth-order valence-electron chi connectivity index (χ4n) is 3.17. The standard InChI is InChI=1S/C21H15NO5/c23-18-14-6-2-1-5-13(14)9-10-17(18)21(26)27-12-11-22-19(24)15-7-3-4-8-16(15)20(22)25/h1-10,23H,11-12H2. The number of rotatable bonds is 4. The third kappa shape index (κ3) is 2.81. The summed E-state index contributed by atoms with van der Waals surface area (Å²) in [6.07, 6.45) is 0. The molecule has 0 atom stereocenters. The van der Waals surface area contributed by atoms with Crippen molar-refractivity contribution >= 4 is 28.6 Å². The predicted octanol–water partition coefficient (Wildman–Crippen LogP) is 3.00. The van der Waals surface area contributed by atoms with Crippen LogP contribution < -0.4 is 0 Å². The molecule has 1 heterocycles. The summed E-state index contributed by atoms with van der Waals surface area (Å²) in [5.74, 6) is -1.67. The molecule has 0 saturated carbocycles. The van der Waals surface area contributed by atoms with Crippen LogP contribution in [-0.4, -0.2) is 40.9 Å².